The van der Waals surface area contributed by atoms with Gasteiger partial charge in [-0.1, -0.05) is 33.8 Å². The second kappa shape index (κ2) is 17.8. The van der Waals surface area contributed by atoms with Crippen LogP contribution in [0.15, 0.2) is 41.9 Å². The van der Waals surface area contributed by atoms with Gasteiger partial charge in [-0.3, -0.25) is 24.5 Å². The first kappa shape index (κ1) is 45.6. The molecule has 0 unspecified atom stereocenters. The number of carbonyl (C=O) groups is 4. The number of likely N-dealkylation sites (N-methyl/N-ethyl adjacent to an activating group) is 2. The zero-order chi connectivity index (χ0) is 45.8. The molecule has 8 rings (SSSR count). The van der Waals surface area contributed by atoms with Gasteiger partial charge in [0.2, 0.25) is 11.6 Å². The van der Waals surface area contributed by atoms with Crippen LogP contribution < -0.4 is 10.7 Å². The quantitative estimate of drug-likeness (QED) is 0.204. The van der Waals surface area contributed by atoms with E-state index in [0.717, 1.165) is 57.6 Å². The van der Waals surface area contributed by atoms with E-state index in [4.69, 9.17) is 19.4 Å². The lowest BCUT2D eigenvalue weighted by Gasteiger charge is -2.40. The number of aryl methyl sites for hydroxylation is 1. The number of piperazine rings is 1. The highest BCUT2D eigenvalue weighted by Crippen LogP contribution is 2.42. The average molecular weight is 898 g/mol. The lowest BCUT2D eigenvalue weighted by Crippen LogP contribution is -2.67. The molecule has 16 nitrogen and oxygen atoms in total. The molecule has 64 heavy (non-hydrogen) atoms. The van der Waals surface area contributed by atoms with Crippen molar-refractivity contribution in [2.24, 2.45) is 11.3 Å². The van der Waals surface area contributed by atoms with Crippen LogP contribution >= 0.6 is 11.3 Å². The summed E-state index contributed by atoms with van der Waals surface area (Å²) in [6.07, 6.45) is 3.24. The van der Waals surface area contributed by atoms with Crippen LogP contribution in [-0.2, 0) is 43.2 Å². The van der Waals surface area contributed by atoms with Crippen LogP contribution in [0.1, 0.15) is 83.2 Å². The zero-order valence-corrected chi connectivity index (χ0v) is 39.3. The third-order valence-electron chi connectivity index (χ3n) is 13.6. The molecule has 4 aliphatic heterocycles. The summed E-state index contributed by atoms with van der Waals surface area (Å²) in [4.78, 5) is 72.5. The fourth-order valence-electron chi connectivity index (χ4n) is 10.2. The Bertz CT molecular complexity index is 2430. The molecule has 0 spiro atoms. The van der Waals surface area contributed by atoms with Crippen molar-refractivity contribution in [3.63, 3.8) is 0 Å². The molecule has 3 saturated heterocycles. The summed E-state index contributed by atoms with van der Waals surface area (Å²) in [5.41, 5.74) is 6.42. The van der Waals surface area contributed by atoms with E-state index >= 15 is 0 Å². The number of carbonyl (C=O) groups excluding carboxylic acids is 4. The molecular weight excluding hydrogens is 835 g/mol. The highest BCUT2D eigenvalue weighted by Gasteiger charge is 2.48. The number of nitrogens with one attached hydrogen (secondary N) is 2. The molecule has 3 N–H and O–H groups in total. The molecule has 3 aromatic heterocycles. The van der Waals surface area contributed by atoms with Crippen LogP contribution in [0.3, 0.4) is 0 Å². The molecule has 0 radical (unpaired) electrons. The predicted molar refractivity (Wildman–Crippen MR) is 244 cm³/mol. The summed E-state index contributed by atoms with van der Waals surface area (Å²) >= 11 is 1.39. The largest absolute Gasteiger partial charge is 0.462 e. The molecule has 0 aliphatic carbocycles. The molecular formula is C47H63N9O7S. The number of hydrogen-bond donors (Lipinski definition) is 3. The molecule has 8 bridgehead atoms. The Morgan fingerprint density at radius 1 is 1.16 bits per heavy atom. The van der Waals surface area contributed by atoms with E-state index < -0.39 is 41.0 Å². The number of nitrogens with zero attached hydrogens (tertiary/aromatic N) is 7. The Kier molecular flexibility index (Phi) is 12.7. The first-order valence-electron chi connectivity index (χ1n) is 22.5. The van der Waals surface area contributed by atoms with Gasteiger partial charge in [-0.05, 0) is 75.9 Å². The molecule has 344 valence electrons. The Morgan fingerprint density at radius 2 is 1.94 bits per heavy atom. The molecule has 3 fully saturated rings. The van der Waals surface area contributed by atoms with E-state index in [0.29, 0.717) is 37.0 Å². The first-order chi connectivity index (χ1) is 30.4. The van der Waals surface area contributed by atoms with E-state index in [1.54, 1.807) is 20.4 Å². The van der Waals surface area contributed by atoms with E-state index in [9.17, 15) is 24.3 Å². The molecule has 4 amide bonds. The van der Waals surface area contributed by atoms with Crippen molar-refractivity contribution in [3.05, 3.63) is 58.2 Å². The number of pyridine rings is 1. The van der Waals surface area contributed by atoms with E-state index in [1.165, 1.54) is 21.2 Å². The van der Waals surface area contributed by atoms with Gasteiger partial charge < -0.3 is 34.3 Å². The Balaban J connectivity index is 1.18. The van der Waals surface area contributed by atoms with Gasteiger partial charge in [0.1, 0.15) is 12.1 Å². The molecule has 4 aliphatic rings. The van der Waals surface area contributed by atoms with Crippen molar-refractivity contribution in [1.29, 1.82) is 0 Å². The third kappa shape index (κ3) is 8.52. The highest BCUT2D eigenvalue weighted by atomic mass is 32.1. The molecule has 1 aromatic carbocycles. The van der Waals surface area contributed by atoms with Crippen LogP contribution in [0, 0.1) is 11.3 Å². The number of hydrogen-bond acceptors (Lipinski definition) is 12. The average Bonchev–Trinajstić information content (AvgIpc) is 4.07. The minimum Gasteiger partial charge on any atom is -0.462 e. The summed E-state index contributed by atoms with van der Waals surface area (Å²) < 4.78 is 14.1. The normalized spacial score (nSPS) is 24.8. The van der Waals surface area contributed by atoms with Crippen molar-refractivity contribution in [1.82, 2.24) is 45.0 Å². The summed E-state index contributed by atoms with van der Waals surface area (Å²) in [5, 5.41) is 19.6. The zero-order valence-electron chi connectivity index (χ0n) is 38.5. The number of aromatic nitrogens is 3. The van der Waals surface area contributed by atoms with Gasteiger partial charge in [0.25, 0.3) is 5.91 Å². The predicted octanol–water partition coefficient (Wildman–Crippen LogP) is 4.99. The number of hydrazine groups is 1. The fraction of sp³-hybridized carbons (Fsp3) is 0.574. The van der Waals surface area contributed by atoms with Gasteiger partial charge in [0.05, 0.1) is 34.8 Å². The van der Waals surface area contributed by atoms with Gasteiger partial charge in [-0.15, -0.1) is 11.3 Å². The number of rotatable bonds is 8. The summed E-state index contributed by atoms with van der Waals surface area (Å²) in [6, 6.07) is 8.44. The minimum atomic E-state index is -2.20. The SMILES string of the molecule is CCn1c(-c2cccnc2[C@H](C)OC)c2c3cc(ccc31)-c1csc(n1)C[C@H](NC(=O)[C@H](C(C)C)N(C)C(=O)N1C[C@@H]3C[C@H]1CN3C)C(=O)N1CCC[C@@](O)(N1)C(=O)OCC(C)(C)C2. The maximum absolute atomic E-state index is 14.6. The number of thiazole rings is 1. The van der Waals surface area contributed by atoms with Crippen molar-refractivity contribution in [2.45, 2.75) is 116 Å². The molecule has 7 heterocycles. The number of cyclic esters (lactones) is 1. The summed E-state index contributed by atoms with van der Waals surface area (Å²) in [5.74, 6) is -2.21. The van der Waals surface area contributed by atoms with Gasteiger partial charge in [-0.2, -0.15) is 5.43 Å². The van der Waals surface area contributed by atoms with E-state index in [1.807, 2.05) is 51.0 Å². The number of amides is 4. The van der Waals surface area contributed by atoms with Crippen molar-refractivity contribution in [3.8, 4) is 22.5 Å². The number of likely N-dealkylation sites (tertiary alicyclic amines) is 2. The monoisotopic (exact) mass is 897 g/mol. The lowest BCUT2D eigenvalue weighted by atomic mass is 9.84. The summed E-state index contributed by atoms with van der Waals surface area (Å²) in [7, 11) is 5.39. The molecule has 17 heteroatoms. The number of ether oxygens (including phenoxy) is 2. The first-order valence-corrected chi connectivity index (χ1v) is 23.4. The fourth-order valence-corrected chi connectivity index (χ4v) is 11.1. The minimum absolute atomic E-state index is 0.0117. The Morgan fingerprint density at radius 3 is 2.62 bits per heavy atom. The van der Waals surface area contributed by atoms with Crippen molar-refractivity contribution < 1.29 is 33.8 Å². The van der Waals surface area contributed by atoms with Gasteiger partial charge >= 0.3 is 12.0 Å². The van der Waals surface area contributed by atoms with Gasteiger partial charge in [0.15, 0.2) is 0 Å². The standard InChI is InChI=1S/C47H63N9O7S/c1-10-54-37-15-14-29-19-33(37)34(41(54)32-13-11-17-48-39(32)28(4)62-9)22-46(5,6)26-63-44(59)47(61)16-12-18-56(51-47)43(58)35(21-38-49-36(29)25-64-38)50-42(57)40(27(2)3)53(8)45(60)55-24-30-20-31(55)23-52(30)7/h11,13-15,17,19,25,27-28,30-31,35,40,51,61H,10,12,16,18,20-24,26H2,1-9H3,(H,50,57)/t28-,30-,31-,35-,40-,47-/m0/s1. The topological polar surface area (TPSA) is 175 Å². The van der Waals surface area contributed by atoms with E-state index in [2.05, 4.69) is 58.4 Å². The number of methoxy groups -OCH3 is 1. The Hall–Kier alpha value is -4.94. The van der Waals surface area contributed by atoms with E-state index in [-0.39, 0.29) is 50.1 Å². The molecule has 0 saturated carbocycles. The van der Waals surface area contributed by atoms with Crippen LogP contribution in [0.2, 0.25) is 0 Å². The third-order valence-corrected chi connectivity index (χ3v) is 14.5. The number of esters is 1. The maximum Gasteiger partial charge on any atom is 0.355 e. The second-order valence-corrected chi connectivity index (χ2v) is 20.2. The Labute approximate surface area is 379 Å². The van der Waals surface area contributed by atoms with Crippen molar-refractivity contribution in [2.75, 3.05) is 47.4 Å². The second-order valence-electron chi connectivity index (χ2n) is 19.2. The van der Waals surface area contributed by atoms with Gasteiger partial charge in [0, 0.05) is 104 Å². The van der Waals surface area contributed by atoms with Crippen molar-refractivity contribution >= 4 is 46.1 Å². The number of urea groups is 1. The number of fused-ring (bicyclic) bond motifs is 8. The number of benzene rings is 1. The maximum atomic E-state index is 14.6. The van der Waals surface area contributed by atoms with Crippen LogP contribution in [0.4, 0.5) is 4.79 Å². The van der Waals surface area contributed by atoms with Gasteiger partial charge in [-0.25, -0.2) is 14.6 Å². The number of aliphatic hydroxyl groups is 1. The smallest absolute Gasteiger partial charge is 0.355 e. The van der Waals surface area contributed by atoms with Crippen LogP contribution in [0.25, 0.3) is 33.4 Å². The summed E-state index contributed by atoms with van der Waals surface area (Å²) in [6.45, 7) is 14.1. The van der Waals surface area contributed by atoms with Crippen LogP contribution in [0.5, 0.6) is 0 Å². The van der Waals surface area contributed by atoms with Crippen LogP contribution in [-0.4, -0.2) is 141 Å². The molecule has 4 aromatic rings. The lowest BCUT2D eigenvalue weighted by molar-refractivity contribution is -0.189. The highest BCUT2D eigenvalue weighted by molar-refractivity contribution is 7.10. The molecule has 6 atom stereocenters.